The van der Waals surface area contributed by atoms with Crippen LogP contribution in [0.15, 0.2) is 60.7 Å². The Balaban J connectivity index is 1.78. The molecule has 5 rings (SSSR count). The molecule has 0 aliphatic carbocycles. The molecule has 0 saturated heterocycles. The number of nitrogens with zero attached hydrogens (tertiary/aromatic N) is 2. The van der Waals surface area contributed by atoms with Crippen LogP contribution in [0.1, 0.15) is 11.7 Å². The summed E-state index contributed by atoms with van der Waals surface area (Å²) in [6.45, 7) is 0. The third kappa shape index (κ3) is 2.60. The molecule has 0 radical (unpaired) electrons. The van der Waals surface area contributed by atoms with Crippen molar-refractivity contribution >= 4 is 16.7 Å². The van der Waals surface area contributed by atoms with E-state index in [4.69, 9.17) is 19.2 Å². The van der Waals surface area contributed by atoms with Crippen molar-refractivity contribution in [2.45, 2.75) is 6.17 Å². The van der Waals surface area contributed by atoms with Gasteiger partial charge in [-0.25, -0.2) is 4.98 Å². The molecule has 0 fully saturated rings. The third-order valence-electron chi connectivity index (χ3n) is 5.32. The lowest BCUT2D eigenvalue weighted by Crippen LogP contribution is -2.24. The van der Waals surface area contributed by atoms with E-state index >= 15 is 0 Å². The van der Waals surface area contributed by atoms with Gasteiger partial charge in [0.25, 0.3) is 0 Å². The van der Waals surface area contributed by atoms with Crippen LogP contribution in [0.3, 0.4) is 0 Å². The zero-order chi connectivity index (χ0) is 20.0. The van der Waals surface area contributed by atoms with E-state index < -0.39 is 0 Å². The molecule has 1 aliphatic rings. The molecule has 1 aliphatic heterocycles. The first-order valence-electron chi connectivity index (χ1n) is 9.38. The van der Waals surface area contributed by atoms with Crippen LogP contribution in [0.25, 0.3) is 22.4 Å². The molecular weight excluding hydrogens is 366 g/mol. The van der Waals surface area contributed by atoms with E-state index in [1.54, 1.807) is 21.3 Å². The van der Waals surface area contributed by atoms with E-state index in [1.165, 1.54) is 0 Å². The fourth-order valence-electron chi connectivity index (χ4n) is 4.00. The molecule has 6 heteroatoms. The monoisotopic (exact) mass is 387 g/mol. The predicted molar refractivity (Wildman–Crippen MR) is 113 cm³/mol. The molecule has 2 heterocycles. The van der Waals surface area contributed by atoms with Gasteiger partial charge in [0, 0.05) is 16.8 Å². The first kappa shape index (κ1) is 17.4. The number of methoxy groups -OCH3 is 3. The third-order valence-corrected chi connectivity index (χ3v) is 5.32. The van der Waals surface area contributed by atoms with Crippen molar-refractivity contribution in [1.29, 1.82) is 0 Å². The largest absolute Gasteiger partial charge is 0.493 e. The predicted octanol–water partition coefficient (Wildman–Crippen LogP) is 4.70. The summed E-state index contributed by atoms with van der Waals surface area (Å²) in [4.78, 5) is 4.93. The highest BCUT2D eigenvalue weighted by Gasteiger charge is 2.29. The van der Waals surface area contributed by atoms with Crippen molar-refractivity contribution < 1.29 is 14.2 Å². The second kappa shape index (κ2) is 6.74. The SMILES string of the molecule is COc1cc([C@H]2Nc3ccccc3-c3nc4ccccc4n32)cc(OC)c1OC. The summed E-state index contributed by atoms with van der Waals surface area (Å²) in [5.41, 5.74) is 5.11. The molecule has 6 nitrogen and oxygen atoms in total. The fraction of sp³-hybridized carbons (Fsp3) is 0.174. The number of anilines is 1. The lowest BCUT2D eigenvalue weighted by Gasteiger charge is -2.31. The second-order valence-corrected chi connectivity index (χ2v) is 6.85. The van der Waals surface area contributed by atoms with Gasteiger partial charge >= 0.3 is 0 Å². The average molecular weight is 387 g/mol. The van der Waals surface area contributed by atoms with Crippen LogP contribution in [0.2, 0.25) is 0 Å². The molecule has 0 saturated carbocycles. The zero-order valence-electron chi connectivity index (χ0n) is 16.5. The molecule has 1 atom stereocenters. The van der Waals surface area contributed by atoms with Gasteiger partial charge in [0.2, 0.25) is 5.75 Å². The highest BCUT2D eigenvalue weighted by molar-refractivity contribution is 5.86. The van der Waals surface area contributed by atoms with Crippen molar-refractivity contribution in [1.82, 2.24) is 9.55 Å². The molecule has 4 aromatic rings. The second-order valence-electron chi connectivity index (χ2n) is 6.85. The van der Waals surface area contributed by atoms with Gasteiger partial charge in [0.1, 0.15) is 12.0 Å². The number of rotatable bonds is 4. The van der Waals surface area contributed by atoms with Gasteiger partial charge in [-0.1, -0.05) is 24.3 Å². The van der Waals surface area contributed by atoms with Crippen LogP contribution in [-0.4, -0.2) is 30.9 Å². The maximum absolute atomic E-state index is 5.58. The highest BCUT2D eigenvalue weighted by atomic mass is 16.5. The number of fused-ring (bicyclic) bond motifs is 5. The van der Waals surface area contributed by atoms with Crippen molar-refractivity contribution in [3.05, 3.63) is 66.2 Å². The van der Waals surface area contributed by atoms with E-state index in [2.05, 4.69) is 28.1 Å². The minimum Gasteiger partial charge on any atom is -0.493 e. The van der Waals surface area contributed by atoms with Crippen molar-refractivity contribution in [3.8, 4) is 28.6 Å². The lowest BCUT2D eigenvalue weighted by atomic mass is 10.0. The molecule has 0 bridgehead atoms. The molecule has 29 heavy (non-hydrogen) atoms. The maximum Gasteiger partial charge on any atom is 0.203 e. The van der Waals surface area contributed by atoms with Gasteiger partial charge in [0.15, 0.2) is 11.5 Å². The molecule has 0 spiro atoms. The number of para-hydroxylation sites is 3. The van der Waals surface area contributed by atoms with Crippen LogP contribution >= 0.6 is 0 Å². The summed E-state index contributed by atoms with van der Waals surface area (Å²) in [5, 5.41) is 3.66. The Morgan fingerprint density at radius 2 is 1.55 bits per heavy atom. The highest BCUT2D eigenvalue weighted by Crippen LogP contribution is 2.44. The molecule has 146 valence electrons. The van der Waals surface area contributed by atoms with Crippen molar-refractivity contribution in [2.24, 2.45) is 0 Å². The molecule has 1 N–H and O–H groups in total. The average Bonchev–Trinajstić information content (AvgIpc) is 3.17. The van der Waals surface area contributed by atoms with E-state index in [-0.39, 0.29) is 6.17 Å². The summed E-state index contributed by atoms with van der Waals surface area (Å²) in [7, 11) is 4.86. The van der Waals surface area contributed by atoms with Gasteiger partial charge in [-0.3, -0.25) is 4.57 Å². The Morgan fingerprint density at radius 1 is 0.862 bits per heavy atom. The van der Waals surface area contributed by atoms with Gasteiger partial charge in [-0.2, -0.15) is 0 Å². The summed E-state index contributed by atoms with van der Waals surface area (Å²) < 4.78 is 18.9. The molecular formula is C23H21N3O3. The van der Waals surface area contributed by atoms with Crippen LogP contribution < -0.4 is 19.5 Å². The normalized spacial score (nSPS) is 14.7. The Labute approximate surface area is 168 Å². The quantitative estimate of drug-likeness (QED) is 0.550. The van der Waals surface area contributed by atoms with E-state index in [0.29, 0.717) is 17.2 Å². The summed E-state index contributed by atoms with van der Waals surface area (Å²) in [6.07, 6.45) is -0.180. The first-order chi connectivity index (χ1) is 14.2. The first-order valence-corrected chi connectivity index (χ1v) is 9.38. The van der Waals surface area contributed by atoms with E-state index in [1.807, 2.05) is 42.5 Å². The Bertz CT molecular complexity index is 1190. The standard InChI is InChI=1S/C23H21N3O3/c1-27-19-12-14(13-20(28-2)21(19)29-3)22-24-16-9-5-4-8-15(16)23-25-17-10-6-7-11-18(17)26(22)23/h4-13,22,24H,1-3H3/t22-/m0/s1. The maximum atomic E-state index is 5.58. The topological polar surface area (TPSA) is 57.5 Å². The summed E-state index contributed by atoms with van der Waals surface area (Å²) in [6, 6.07) is 20.3. The molecule has 0 amide bonds. The van der Waals surface area contributed by atoms with Crippen molar-refractivity contribution in [2.75, 3.05) is 26.6 Å². The summed E-state index contributed by atoms with van der Waals surface area (Å²) >= 11 is 0. The van der Waals surface area contributed by atoms with Gasteiger partial charge in [-0.05, 0) is 36.4 Å². The fourth-order valence-corrected chi connectivity index (χ4v) is 4.00. The van der Waals surface area contributed by atoms with Gasteiger partial charge in [0.05, 0.1) is 32.4 Å². The van der Waals surface area contributed by atoms with E-state index in [9.17, 15) is 0 Å². The summed E-state index contributed by atoms with van der Waals surface area (Å²) in [5.74, 6) is 2.74. The van der Waals surface area contributed by atoms with Crippen LogP contribution in [0.4, 0.5) is 5.69 Å². The zero-order valence-corrected chi connectivity index (χ0v) is 16.5. The molecule has 3 aromatic carbocycles. The Morgan fingerprint density at radius 3 is 2.28 bits per heavy atom. The van der Waals surface area contributed by atoms with Crippen molar-refractivity contribution in [3.63, 3.8) is 0 Å². The Kier molecular flexibility index (Phi) is 4.05. The van der Waals surface area contributed by atoms with E-state index in [0.717, 1.165) is 33.7 Å². The van der Waals surface area contributed by atoms with Gasteiger partial charge in [-0.15, -0.1) is 0 Å². The smallest absolute Gasteiger partial charge is 0.203 e. The minimum absolute atomic E-state index is 0.180. The lowest BCUT2D eigenvalue weighted by molar-refractivity contribution is 0.323. The number of aromatic nitrogens is 2. The Hall–Kier alpha value is -3.67. The number of imidazole rings is 1. The number of benzene rings is 3. The molecule has 0 unspecified atom stereocenters. The molecule has 1 aromatic heterocycles. The minimum atomic E-state index is -0.180. The number of nitrogens with one attached hydrogen (secondary N) is 1. The van der Waals surface area contributed by atoms with Gasteiger partial charge < -0.3 is 19.5 Å². The number of hydrogen-bond acceptors (Lipinski definition) is 5. The van der Waals surface area contributed by atoms with Crippen LogP contribution in [0, 0.1) is 0 Å². The van der Waals surface area contributed by atoms with Crippen LogP contribution in [-0.2, 0) is 0 Å². The van der Waals surface area contributed by atoms with Crippen LogP contribution in [0.5, 0.6) is 17.2 Å². The number of hydrogen-bond donors (Lipinski definition) is 1. The number of ether oxygens (including phenoxy) is 3.